The van der Waals surface area contributed by atoms with Crippen LogP contribution in [0.1, 0.15) is 18.7 Å². The number of rotatable bonds is 6. The fraction of sp³-hybridized carbons (Fsp3) is 0.478. The Morgan fingerprint density at radius 3 is 2.47 bits per heavy atom. The van der Waals surface area contributed by atoms with Gasteiger partial charge in [-0.15, -0.1) is 5.10 Å². The van der Waals surface area contributed by atoms with Crippen LogP contribution in [0.3, 0.4) is 0 Å². The first-order valence-electron chi connectivity index (χ1n) is 12.0. The van der Waals surface area contributed by atoms with Gasteiger partial charge in [0.25, 0.3) is 5.92 Å². The molecule has 0 bridgehead atoms. The molecule has 0 spiro atoms. The molecule has 206 valence electrons. The number of pyridine rings is 1. The van der Waals surface area contributed by atoms with E-state index in [1.165, 1.54) is 0 Å². The molecule has 38 heavy (non-hydrogen) atoms. The van der Waals surface area contributed by atoms with E-state index < -0.39 is 29.2 Å². The van der Waals surface area contributed by atoms with Crippen LogP contribution in [0.25, 0.3) is 27.9 Å². The molecule has 5 rings (SSSR count). The SMILES string of the molecule is CNc1nc(NC)c2c(-c3ccc4nc(C)n(CCF)c4n3)ccn2n1.CS(=O)(=O)N1CCCC(F)(F)C1. The Morgan fingerprint density at radius 2 is 1.87 bits per heavy atom. The standard InChI is InChI=1S/C17H19FN8.C6H11F2NO2S/c1-10-21-13-5-4-12(22-16(13)25(10)9-7-18)11-6-8-26-14(11)15(19-2)23-17(20-3)24-26;1-12(10,11)9-4-2-3-6(7,8)5-9/h4-6,8H,7,9H2,1-3H3,(H2,19,20,23,24);2-5H2,1H3. The highest BCUT2D eigenvalue weighted by Gasteiger charge is 2.38. The Hall–Kier alpha value is -3.46. The third kappa shape index (κ3) is 5.67. The second-order valence-corrected chi connectivity index (χ2v) is 10.9. The van der Waals surface area contributed by atoms with Gasteiger partial charge in [0, 0.05) is 38.8 Å². The molecule has 11 nitrogen and oxygen atoms in total. The quantitative estimate of drug-likeness (QED) is 0.373. The molecular weight excluding hydrogens is 523 g/mol. The number of nitrogens with one attached hydrogen (secondary N) is 2. The van der Waals surface area contributed by atoms with Crippen molar-refractivity contribution in [3.63, 3.8) is 0 Å². The highest BCUT2D eigenvalue weighted by molar-refractivity contribution is 7.88. The molecule has 1 aliphatic heterocycles. The van der Waals surface area contributed by atoms with Crippen LogP contribution in [0.2, 0.25) is 0 Å². The van der Waals surface area contributed by atoms with Crippen molar-refractivity contribution in [1.82, 2.24) is 33.4 Å². The normalized spacial score (nSPS) is 15.9. The van der Waals surface area contributed by atoms with Crippen molar-refractivity contribution in [3.05, 3.63) is 30.2 Å². The average Bonchev–Trinajstić information content (AvgIpc) is 3.43. The minimum atomic E-state index is -3.44. The van der Waals surface area contributed by atoms with Crippen LogP contribution < -0.4 is 10.6 Å². The van der Waals surface area contributed by atoms with E-state index in [0.717, 1.165) is 38.7 Å². The van der Waals surface area contributed by atoms with Gasteiger partial charge in [0.05, 0.1) is 25.0 Å². The summed E-state index contributed by atoms with van der Waals surface area (Å²) in [6.45, 7) is 1.20. The first kappa shape index (κ1) is 27.6. The van der Waals surface area contributed by atoms with Crippen molar-refractivity contribution in [3.8, 4) is 11.3 Å². The molecule has 0 saturated carbocycles. The summed E-state index contributed by atoms with van der Waals surface area (Å²) in [6, 6.07) is 5.77. The molecule has 0 radical (unpaired) electrons. The fourth-order valence-electron chi connectivity index (χ4n) is 4.34. The zero-order valence-electron chi connectivity index (χ0n) is 21.5. The van der Waals surface area contributed by atoms with E-state index in [1.807, 2.05) is 38.4 Å². The minimum absolute atomic E-state index is 0.209. The van der Waals surface area contributed by atoms with Gasteiger partial charge >= 0.3 is 0 Å². The number of hydrogen-bond acceptors (Lipinski definition) is 8. The van der Waals surface area contributed by atoms with Crippen LogP contribution in [0.15, 0.2) is 24.4 Å². The number of sulfonamides is 1. The summed E-state index contributed by atoms with van der Waals surface area (Å²) in [5, 5.41) is 10.5. The second-order valence-electron chi connectivity index (χ2n) is 8.90. The predicted octanol–water partition coefficient (Wildman–Crippen LogP) is 3.18. The molecule has 0 unspecified atom stereocenters. The summed E-state index contributed by atoms with van der Waals surface area (Å²) in [5.74, 6) is -0.882. The van der Waals surface area contributed by atoms with Gasteiger partial charge in [-0.05, 0) is 31.5 Å². The summed E-state index contributed by atoms with van der Waals surface area (Å²) in [7, 11) is 0.143. The van der Waals surface area contributed by atoms with Gasteiger partial charge in [0.1, 0.15) is 23.5 Å². The lowest BCUT2D eigenvalue weighted by Gasteiger charge is -2.30. The first-order chi connectivity index (χ1) is 18.0. The van der Waals surface area contributed by atoms with E-state index >= 15 is 0 Å². The van der Waals surface area contributed by atoms with E-state index in [0.29, 0.717) is 17.4 Å². The summed E-state index contributed by atoms with van der Waals surface area (Å²) >= 11 is 0. The Balaban J connectivity index is 0.000000236. The van der Waals surface area contributed by atoms with Crippen molar-refractivity contribution in [1.29, 1.82) is 0 Å². The van der Waals surface area contributed by atoms with Crippen molar-refractivity contribution in [2.75, 3.05) is 50.7 Å². The second kappa shape index (κ2) is 10.7. The number of piperidine rings is 1. The first-order valence-corrected chi connectivity index (χ1v) is 13.8. The van der Waals surface area contributed by atoms with Gasteiger partial charge in [-0.25, -0.2) is 36.1 Å². The molecule has 0 aromatic carbocycles. The highest BCUT2D eigenvalue weighted by Crippen LogP contribution is 2.30. The van der Waals surface area contributed by atoms with Crippen molar-refractivity contribution in [2.45, 2.75) is 32.2 Å². The predicted molar refractivity (Wildman–Crippen MR) is 140 cm³/mol. The molecule has 0 aliphatic carbocycles. The smallest absolute Gasteiger partial charge is 0.261 e. The molecule has 15 heteroatoms. The monoisotopic (exact) mass is 553 g/mol. The van der Waals surface area contributed by atoms with Crippen LogP contribution in [0.4, 0.5) is 24.9 Å². The molecule has 5 heterocycles. The fourth-order valence-corrected chi connectivity index (χ4v) is 5.23. The van der Waals surface area contributed by atoms with E-state index in [-0.39, 0.29) is 25.9 Å². The molecule has 2 N–H and O–H groups in total. The van der Waals surface area contributed by atoms with Gasteiger partial charge in [-0.3, -0.25) is 0 Å². The molecule has 0 atom stereocenters. The average molecular weight is 554 g/mol. The lowest BCUT2D eigenvalue weighted by atomic mass is 10.1. The summed E-state index contributed by atoms with van der Waals surface area (Å²) < 4.78 is 64.4. The van der Waals surface area contributed by atoms with Gasteiger partial charge in [0.2, 0.25) is 16.0 Å². The zero-order chi connectivity index (χ0) is 27.7. The zero-order valence-corrected chi connectivity index (χ0v) is 22.4. The van der Waals surface area contributed by atoms with E-state index in [9.17, 15) is 21.6 Å². The van der Waals surface area contributed by atoms with E-state index in [2.05, 4.69) is 25.7 Å². The molecule has 1 fully saturated rings. The Bertz CT molecular complexity index is 1550. The lowest BCUT2D eigenvalue weighted by molar-refractivity contribution is -0.0432. The molecule has 4 aromatic heterocycles. The van der Waals surface area contributed by atoms with Crippen molar-refractivity contribution < 1.29 is 21.6 Å². The third-order valence-corrected chi connectivity index (χ3v) is 7.42. The molecule has 0 amide bonds. The maximum atomic E-state index is 12.9. The van der Waals surface area contributed by atoms with Crippen LogP contribution in [-0.2, 0) is 16.6 Å². The van der Waals surface area contributed by atoms with Gasteiger partial charge in [-0.2, -0.15) is 9.29 Å². The van der Waals surface area contributed by atoms with Gasteiger partial charge < -0.3 is 15.2 Å². The van der Waals surface area contributed by atoms with Crippen LogP contribution in [0, 0.1) is 6.92 Å². The van der Waals surface area contributed by atoms with Crippen molar-refractivity contribution in [2.24, 2.45) is 0 Å². The number of aryl methyl sites for hydroxylation is 2. The topological polar surface area (TPSA) is 122 Å². The van der Waals surface area contributed by atoms with E-state index in [4.69, 9.17) is 4.98 Å². The number of fused-ring (bicyclic) bond motifs is 2. The van der Waals surface area contributed by atoms with Crippen molar-refractivity contribution >= 4 is 38.5 Å². The van der Waals surface area contributed by atoms with Crippen LogP contribution >= 0.6 is 0 Å². The number of imidazole rings is 1. The number of nitrogens with zero attached hydrogens (tertiary/aromatic N) is 7. The third-order valence-electron chi connectivity index (χ3n) is 6.17. The van der Waals surface area contributed by atoms with Gasteiger partial charge in [-0.1, -0.05) is 0 Å². The molecule has 1 saturated heterocycles. The largest absolute Gasteiger partial charge is 0.371 e. The molecule has 4 aromatic rings. The number of alkyl halides is 3. The number of hydrogen-bond donors (Lipinski definition) is 2. The number of halogens is 3. The summed E-state index contributed by atoms with van der Waals surface area (Å²) in [6.07, 6.45) is 2.84. The summed E-state index contributed by atoms with van der Waals surface area (Å²) in [5.41, 5.74) is 3.91. The Kier molecular flexibility index (Phi) is 7.78. The van der Waals surface area contributed by atoms with Gasteiger partial charge in [0.15, 0.2) is 11.5 Å². The molecule has 1 aliphatic rings. The number of aromatic nitrogens is 6. The highest BCUT2D eigenvalue weighted by atomic mass is 32.2. The summed E-state index contributed by atoms with van der Waals surface area (Å²) in [4.78, 5) is 13.7. The van der Waals surface area contributed by atoms with Crippen LogP contribution in [0.5, 0.6) is 0 Å². The molecular formula is C23H30F3N9O2S. The Labute approximate surface area is 218 Å². The van der Waals surface area contributed by atoms with Crippen LogP contribution in [-0.4, -0.2) is 87.9 Å². The maximum absolute atomic E-state index is 12.9. The Morgan fingerprint density at radius 1 is 1.11 bits per heavy atom. The lowest BCUT2D eigenvalue weighted by Crippen LogP contribution is -2.45. The number of anilines is 2. The maximum Gasteiger partial charge on any atom is 0.261 e. The van der Waals surface area contributed by atoms with E-state index in [1.54, 1.807) is 16.1 Å². The minimum Gasteiger partial charge on any atom is -0.371 e.